The van der Waals surface area contributed by atoms with Crippen LogP contribution in [0, 0.1) is 0 Å². The normalized spacial score (nSPS) is 12.1. The zero-order chi connectivity index (χ0) is 45.8. The highest BCUT2D eigenvalue weighted by molar-refractivity contribution is 5.71. The molecule has 0 amide bonds. The molecule has 0 aromatic carbocycles. The first kappa shape index (κ1) is 60.9. The highest BCUT2D eigenvalue weighted by atomic mass is 16.6. The van der Waals surface area contributed by atoms with E-state index in [1.807, 2.05) is 0 Å². The van der Waals surface area contributed by atoms with Gasteiger partial charge in [-0.3, -0.25) is 14.4 Å². The van der Waals surface area contributed by atoms with Crippen LogP contribution in [0.3, 0.4) is 0 Å². The van der Waals surface area contributed by atoms with Gasteiger partial charge in [-0.05, 0) is 51.4 Å². The molecule has 6 nitrogen and oxygen atoms in total. The van der Waals surface area contributed by atoms with E-state index in [2.05, 4.69) is 45.1 Å². The standard InChI is InChI=1S/C57H106O6/c1-4-7-10-13-16-18-20-22-24-26-28-29-31-32-34-36-38-41-44-47-50-56(59)62-53-54(52-61-55(58)49-46-43-40-15-12-9-6-3)63-57(60)51-48-45-42-39-37-35-33-30-27-25-23-21-19-17-14-11-8-5-2/h19,21,25,27,54H,4-18,20,22-24,26,28-53H2,1-3H3/b21-19-,27-25-. The fourth-order valence-electron chi connectivity index (χ4n) is 8.24. The Bertz CT molecular complexity index is 1020. The molecule has 0 N–H and O–H groups in total. The zero-order valence-electron chi connectivity index (χ0n) is 42.4. The van der Waals surface area contributed by atoms with Crippen LogP contribution in [0.1, 0.15) is 303 Å². The van der Waals surface area contributed by atoms with Crippen molar-refractivity contribution in [2.75, 3.05) is 13.2 Å². The number of ether oxygens (including phenoxy) is 3. The van der Waals surface area contributed by atoms with E-state index < -0.39 is 6.10 Å². The molecule has 6 heteroatoms. The molecule has 0 aromatic heterocycles. The molecule has 0 spiro atoms. The summed E-state index contributed by atoms with van der Waals surface area (Å²) in [6.45, 7) is 6.62. The third kappa shape index (κ3) is 50.7. The van der Waals surface area contributed by atoms with Crippen LogP contribution in [0.4, 0.5) is 0 Å². The van der Waals surface area contributed by atoms with Gasteiger partial charge in [0.15, 0.2) is 6.10 Å². The van der Waals surface area contributed by atoms with E-state index >= 15 is 0 Å². The van der Waals surface area contributed by atoms with Gasteiger partial charge in [-0.15, -0.1) is 0 Å². The molecular weight excluding hydrogens is 781 g/mol. The van der Waals surface area contributed by atoms with E-state index in [9.17, 15) is 14.4 Å². The average molecular weight is 887 g/mol. The lowest BCUT2D eigenvalue weighted by Crippen LogP contribution is -2.30. The highest BCUT2D eigenvalue weighted by Gasteiger charge is 2.19. The predicted molar refractivity (Wildman–Crippen MR) is 270 cm³/mol. The zero-order valence-corrected chi connectivity index (χ0v) is 42.4. The van der Waals surface area contributed by atoms with Crippen LogP contribution in [0.5, 0.6) is 0 Å². The maximum Gasteiger partial charge on any atom is 0.306 e. The molecule has 0 aliphatic heterocycles. The summed E-state index contributed by atoms with van der Waals surface area (Å²) in [5.41, 5.74) is 0. The topological polar surface area (TPSA) is 78.9 Å². The summed E-state index contributed by atoms with van der Waals surface area (Å²) in [6.07, 6.45) is 60.4. The fourth-order valence-corrected chi connectivity index (χ4v) is 8.24. The van der Waals surface area contributed by atoms with Gasteiger partial charge in [0.25, 0.3) is 0 Å². The van der Waals surface area contributed by atoms with Crippen molar-refractivity contribution in [2.24, 2.45) is 0 Å². The van der Waals surface area contributed by atoms with Crippen LogP contribution in [0.25, 0.3) is 0 Å². The SMILES string of the molecule is CCCCCC/C=C\C/C=C\CCCCCCCCCC(=O)OC(COC(=O)CCCCCCCCC)COC(=O)CCCCCCCCCCCCCCCCCCCCCC. The predicted octanol–water partition coefficient (Wildman–Crippen LogP) is 18.3. The second-order valence-electron chi connectivity index (χ2n) is 18.9. The van der Waals surface area contributed by atoms with Crippen LogP contribution >= 0.6 is 0 Å². The molecule has 1 unspecified atom stereocenters. The van der Waals surface area contributed by atoms with Crippen molar-refractivity contribution in [2.45, 2.75) is 309 Å². The van der Waals surface area contributed by atoms with Crippen molar-refractivity contribution < 1.29 is 28.6 Å². The molecule has 0 aliphatic carbocycles. The van der Waals surface area contributed by atoms with Gasteiger partial charge in [0.2, 0.25) is 0 Å². The van der Waals surface area contributed by atoms with Crippen LogP contribution in [0.15, 0.2) is 24.3 Å². The second-order valence-corrected chi connectivity index (χ2v) is 18.9. The van der Waals surface area contributed by atoms with Crippen LogP contribution in [0.2, 0.25) is 0 Å². The summed E-state index contributed by atoms with van der Waals surface area (Å²) in [5.74, 6) is -0.868. The Morgan fingerprint density at radius 2 is 0.571 bits per heavy atom. The van der Waals surface area contributed by atoms with Crippen LogP contribution in [-0.4, -0.2) is 37.2 Å². The number of rotatable bonds is 51. The molecule has 0 fully saturated rings. The summed E-state index contributed by atoms with van der Waals surface area (Å²) >= 11 is 0. The van der Waals surface area contributed by atoms with E-state index in [0.29, 0.717) is 19.3 Å². The van der Waals surface area contributed by atoms with Crippen molar-refractivity contribution in [3.05, 3.63) is 24.3 Å². The third-order valence-corrected chi connectivity index (χ3v) is 12.5. The molecule has 0 radical (unpaired) electrons. The van der Waals surface area contributed by atoms with E-state index in [-0.39, 0.29) is 31.1 Å². The first-order valence-corrected chi connectivity index (χ1v) is 27.8. The van der Waals surface area contributed by atoms with Gasteiger partial charge >= 0.3 is 17.9 Å². The van der Waals surface area contributed by atoms with Crippen molar-refractivity contribution in [1.82, 2.24) is 0 Å². The molecule has 370 valence electrons. The number of esters is 3. The summed E-state index contributed by atoms with van der Waals surface area (Å²) < 4.78 is 16.8. The summed E-state index contributed by atoms with van der Waals surface area (Å²) in [5, 5.41) is 0. The maximum atomic E-state index is 12.8. The van der Waals surface area contributed by atoms with Crippen molar-refractivity contribution in [3.8, 4) is 0 Å². The van der Waals surface area contributed by atoms with Crippen molar-refractivity contribution in [1.29, 1.82) is 0 Å². The van der Waals surface area contributed by atoms with Gasteiger partial charge in [-0.25, -0.2) is 0 Å². The Balaban J connectivity index is 4.18. The highest BCUT2D eigenvalue weighted by Crippen LogP contribution is 2.17. The summed E-state index contributed by atoms with van der Waals surface area (Å²) in [7, 11) is 0. The van der Waals surface area contributed by atoms with Crippen LogP contribution in [-0.2, 0) is 28.6 Å². The minimum Gasteiger partial charge on any atom is -0.462 e. The summed E-state index contributed by atoms with van der Waals surface area (Å²) in [4.78, 5) is 37.9. The molecule has 1 atom stereocenters. The van der Waals surface area contributed by atoms with Crippen molar-refractivity contribution >= 4 is 17.9 Å². The van der Waals surface area contributed by atoms with Gasteiger partial charge in [0.05, 0.1) is 0 Å². The molecule has 0 aromatic rings. The van der Waals surface area contributed by atoms with Gasteiger partial charge < -0.3 is 14.2 Å². The lowest BCUT2D eigenvalue weighted by Gasteiger charge is -2.18. The molecule has 0 heterocycles. The lowest BCUT2D eigenvalue weighted by molar-refractivity contribution is -0.167. The lowest BCUT2D eigenvalue weighted by atomic mass is 10.0. The van der Waals surface area contributed by atoms with Crippen molar-refractivity contribution in [3.63, 3.8) is 0 Å². The summed E-state index contributed by atoms with van der Waals surface area (Å²) in [6, 6.07) is 0. The number of hydrogen-bond acceptors (Lipinski definition) is 6. The quantitative estimate of drug-likeness (QED) is 0.0262. The fraction of sp³-hybridized carbons (Fsp3) is 0.877. The number of hydrogen-bond donors (Lipinski definition) is 0. The van der Waals surface area contributed by atoms with E-state index in [0.717, 1.165) is 70.6 Å². The Labute approximate surface area is 392 Å². The smallest absolute Gasteiger partial charge is 0.306 e. The third-order valence-electron chi connectivity index (χ3n) is 12.5. The Morgan fingerprint density at radius 1 is 0.317 bits per heavy atom. The molecule has 0 aliphatic rings. The van der Waals surface area contributed by atoms with Gasteiger partial charge in [-0.1, -0.05) is 257 Å². The van der Waals surface area contributed by atoms with Crippen LogP contribution < -0.4 is 0 Å². The number of unbranched alkanes of at least 4 members (excludes halogenated alkanes) is 36. The molecule has 0 bridgehead atoms. The Morgan fingerprint density at radius 3 is 0.889 bits per heavy atom. The number of carbonyl (C=O) groups is 3. The minimum atomic E-state index is -0.769. The average Bonchev–Trinajstić information content (AvgIpc) is 3.28. The Hall–Kier alpha value is -2.11. The molecule has 0 saturated carbocycles. The van der Waals surface area contributed by atoms with E-state index in [4.69, 9.17) is 14.2 Å². The first-order chi connectivity index (χ1) is 31.0. The number of allylic oxidation sites excluding steroid dienone is 4. The second kappa shape index (κ2) is 52.5. The van der Waals surface area contributed by atoms with E-state index in [1.54, 1.807) is 0 Å². The molecular formula is C57H106O6. The molecule has 0 rings (SSSR count). The van der Waals surface area contributed by atoms with Gasteiger partial charge in [-0.2, -0.15) is 0 Å². The molecule has 0 saturated heterocycles. The van der Waals surface area contributed by atoms with Gasteiger partial charge in [0.1, 0.15) is 13.2 Å². The minimum absolute atomic E-state index is 0.0700. The monoisotopic (exact) mass is 887 g/mol. The molecule has 63 heavy (non-hydrogen) atoms. The Kier molecular flexibility index (Phi) is 50.8. The van der Waals surface area contributed by atoms with Gasteiger partial charge in [0, 0.05) is 19.3 Å². The largest absolute Gasteiger partial charge is 0.462 e. The maximum absolute atomic E-state index is 12.8. The van der Waals surface area contributed by atoms with E-state index in [1.165, 1.54) is 193 Å². The first-order valence-electron chi connectivity index (χ1n) is 27.8. The number of carbonyl (C=O) groups excluding carboxylic acids is 3.